The molecule has 0 heterocycles. The molecule has 1 N–H and O–H groups in total. The van der Waals surface area contributed by atoms with Crippen LogP contribution in [0, 0.1) is 0 Å². The Morgan fingerprint density at radius 1 is 1.27 bits per heavy atom. The number of methoxy groups -OCH3 is 1. The molecule has 0 aliphatic rings. The van der Waals surface area contributed by atoms with E-state index in [0.717, 1.165) is 19.3 Å². The molecule has 0 spiro atoms. The van der Waals surface area contributed by atoms with Gasteiger partial charge in [-0.25, -0.2) is 0 Å². The van der Waals surface area contributed by atoms with Crippen molar-refractivity contribution in [3.63, 3.8) is 0 Å². The predicted octanol–water partition coefficient (Wildman–Crippen LogP) is 2.19. The van der Waals surface area contributed by atoms with Gasteiger partial charge in [0.2, 0.25) is 0 Å². The van der Waals surface area contributed by atoms with Gasteiger partial charge in [-0.1, -0.05) is 24.3 Å². The first kappa shape index (κ1) is 12.2. The van der Waals surface area contributed by atoms with Crippen LogP contribution in [0.1, 0.15) is 24.5 Å². The van der Waals surface area contributed by atoms with E-state index in [1.165, 1.54) is 11.1 Å². The quantitative estimate of drug-likeness (QED) is 0.776. The van der Waals surface area contributed by atoms with Crippen molar-refractivity contribution in [1.29, 1.82) is 0 Å². The van der Waals surface area contributed by atoms with Crippen LogP contribution in [0.15, 0.2) is 24.3 Å². The van der Waals surface area contributed by atoms with Crippen LogP contribution in [0.3, 0.4) is 0 Å². The van der Waals surface area contributed by atoms with E-state index in [2.05, 4.69) is 25.1 Å². The van der Waals surface area contributed by atoms with Gasteiger partial charge in [0.15, 0.2) is 0 Å². The maximum Gasteiger partial charge on any atom is 0.0583 e. The van der Waals surface area contributed by atoms with Gasteiger partial charge in [0.1, 0.15) is 0 Å². The third-order valence-corrected chi connectivity index (χ3v) is 2.63. The zero-order valence-corrected chi connectivity index (χ0v) is 9.57. The number of ether oxygens (including phenoxy) is 1. The second kappa shape index (κ2) is 6.59. The Hall–Kier alpha value is -0.860. The molecule has 0 fully saturated rings. The standard InChI is InChI=1S/C13H20O2/c1-11(15-2)10-13-7-4-3-6-12(13)8-5-9-14/h3-4,6-7,11,14H,5,8-10H2,1-2H3. The summed E-state index contributed by atoms with van der Waals surface area (Å²) in [4.78, 5) is 0. The number of rotatable bonds is 6. The molecule has 0 radical (unpaired) electrons. The molecule has 0 aliphatic heterocycles. The lowest BCUT2D eigenvalue weighted by Gasteiger charge is -2.13. The lowest BCUT2D eigenvalue weighted by Crippen LogP contribution is -2.10. The van der Waals surface area contributed by atoms with Crippen LogP contribution in [-0.2, 0) is 17.6 Å². The van der Waals surface area contributed by atoms with Crippen molar-refractivity contribution in [3.8, 4) is 0 Å². The highest BCUT2D eigenvalue weighted by atomic mass is 16.5. The van der Waals surface area contributed by atoms with Gasteiger partial charge >= 0.3 is 0 Å². The lowest BCUT2D eigenvalue weighted by molar-refractivity contribution is 0.118. The lowest BCUT2D eigenvalue weighted by atomic mass is 9.99. The second-order valence-electron chi connectivity index (χ2n) is 3.85. The van der Waals surface area contributed by atoms with Crippen molar-refractivity contribution >= 4 is 0 Å². The van der Waals surface area contributed by atoms with Gasteiger partial charge in [0, 0.05) is 13.7 Å². The predicted molar refractivity (Wildman–Crippen MR) is 62.0 cm³/mol. The first-order valence-electron chi connectivity index (χ1n) is 5.48. The minimum absolute atomic E-state index is 0.250. The molecule has 0 amide bonds. The van der Waals surface area contributed by atoms with E-state index in [1.807, 2.05) is 6.07 Å². The molecular formula is C13H20O2. The highest BCUT2D eigenvalue weighted by Gasteiger charge is 2.05. The van der Waals surface area contributed by atoms with Crippen LogP contribution in [0.25, 0.3) is 0 Å². The summed E-state index contributed by atoms with van der Waals surface area (Å²) in [5.41, 5.74) is 2.66. The van der Waals surface area contributed by atoms with Gasteiger partial charge in [-0.15, -0.1) is 0 Å². The maximum atomic E-state index is 8.82. The van der Waals surface area contributed by atoms with Gasteiger partial charge < -0.3 is 9.84 Å². The summed E-state index contributed by atoms with van der Waals surface area (Å²) in [6.07, 6.45) is 2.97. The zero-order valence-electron chi connectivity index (χ0n) is 9.57. The van der Waals surface area contributed by atoms with E-state index in [-0.39, 0.29) is 12.7 Å². The molecule has 1 unspecified atom stereocenters. The van der Waals surface area contributed by atoms with E-state index >= 15 is 0 Å². The number of benzene rings is 1. The highest BCUT2D eigenvalue weighted by molar-refractivity contribution is 5.27. The average Bonchev–Trinajstić information content (AvgIpc) is 2.28. The Balaban J connectivity index is 2.67. The maximum absolute atomic E-state index is 8.82. The van der Waals surface area contributed by atoms with E-state index in [9.17, 15) is 0 Å². The second-order valence-corrected chi connectivity index (χ2v) is 3.85. The molecule has 0 saturated carbocycles. The molecule has 0 bridgehead atoms. The van der Waals surface area contributed by atoms with E-state index < -0.39 is 0 Å². The summed E-state index contributed by atoms with van der Waals surface area (Å²) in [7, 11) is 1.74. The number of aliphatic hydroxyl groups is 1. The number of aryl methyl sites for hydroxylation is 1. The molecule has 1 aromatic rings. The van der Waals surface area contributed by atoms with E-state index in [1.54, 1.807) is 7.11 Å². The number of aliphatic hydroxyl groups excluding tert-OH is 1. The molecule has 0 saturated heterocycles. The smallest absolute Gasteiger partial charge is 0.0583 e. The van der Waals surface area contributed by atoms with E-state index in [0.29, 0.717) is 0 Å². The molecule has 0 aromatic heterocycles. The van der Waals surface area contributed by atoms with Crippen LogP contribution >= 0.6 is 0 Å². The topological polar surface area (TPSA) is 29.5 Å². The fourth-order valence-electron chi connectivity index (χ4n) is 1.66. The molecular weight excluding hydrogens is 188 g/mol. The van der Waals surface area contributed by atoms with Crippen molar-refractivity contribution in [2.45, 2.75) is 32.3 Å². The van der Waals surface area contributed by atoms with Crippen LogP contribution < -0.4 is 0 Å². The van der Waals surface area contributed by atoms with Crippen LogP contribution in [0.5, 0.6) is 0 Å². The molecule has 1 aromatic carbocycles. The summed E-state index contributed by atoms with van der Waals surface area (Å²) < 4.78 is 5.26. The van der Waals surface area contributed by atoms with Gasteiger partial charge in [-0.3, -0.25) is 0 Å². The molecule has 1 atom stereocenters. The van der Waals surface area contributed by atoms with Crippen molar-refractivity contribution in [2.75, 3.05) is 13.7 Å². The summed E-state index contributed by atoms with van der Waals surface area (Å²) in [5, 5.41) is 8.82. The minimum Gasteiger partial charge on any atom is -0.396 e. The van der Waals surface area contributed by atoms with Gasteiger partial charge in [0.25, 0.3) is 0 Å². The third-order valence-electron chi connectivity index (χ3n) is 2.63. The van der Waals surface area contributed by atoms with Crippen LogP contribution in [0.2, 0.25) is 0 Å². The Kier molecular flexibility index (Phi) is 5.37. The molecule has 15 heavy (non-hydrogen) atoms. The molecule has 1 rings (SSSR count). The largest absolute Gasteiger partial charge is 0.396 e. The molecule has 2 heteroatoms. The summed E-state index contributed by atoms with van der Waals surface area (Å²) >= 11 is 0. The van der Waals surface area contributed by atoms with Crippen molar-refractivity contribution < 1.29 is 9.84 Å². The monoisotopic (exact) mass is 208 g/mol. The zero-order chi connectivity index (χ0) is 11.1. The first-order chi connectivity index (χ1) is 7.27. The van der Waals surface area contributed by atoms with Crippen molar-refractivity contribution in [1.82, 2.24) is 0 Å². The fourth-order valence-corrected chi connectivity index (χ4v) is 1.66. The van der Waals surface area contributed by atoms with Gasteiger partial charge in [-0.05, 0) is 37.3 Å². The summed E-state index contributed by atoms with van der Waals surface area (Å²) in [6, 6.07) is 8.38. The molecule has 84 valence electrons. The van der Waals surface area contributed by atoms with Crippen molar-refractivity contribution in [2.24, 2.45) is 0 Å². The highest BCUT2D eigenvalue weighted by Crippen LogP contribution is 2.14. The van der Waals surface area contributed by atoms with Gasteiger partial charge in [0.05, 0.1) is 6.10 Å². The Morgan fingerprint density at radius 3 is 2.53 bits per heavy atom. The van der Waals surface area contributed by atoms with Crippen LogP contribution in [0.4, 0.5) is 0 Å². The first-order valence-corrected chi connectivity index (χ1v) is 5.48. The molecule has 0 aliphatic carbocycles. The average molecular weight is 208 g/mol. The molecule has 2 nitrogen and oxygen atoms in total. The van der Waals surface area contributed by atoms with E-state index in [4.69, 9.17) is 9.84 Å². The minimum atomic E-state index is 0.250. The van der Waals surface area contributed by atoms with Gasteiger partial charge in [-0.2, -0.15) is 0 Å². The Morgan fingerprint density at radius 2 is 1.93 bits per heavy atom. The SMILES string of the molecule is COC(C)Cc1ccccc1CCCO. The number of hydrogen-bond donors (Lipinski definition) is 1. The number of hydrogen-bond acceptors (Lipinski definition) is 2. The third kappa shape index (κ3) is 4.02. The Bertz CT molecular complexity index is 284. The van der Waals surface area contributed by atoms with Crippen LogP contribution in [-0.4, -0.2) is 24.9 Å². The summed E-state index contributed by atoms with van der Waals surface area (Å²) in [5.74, 6) is 0. The normalized spacial score (nSPS) is 12.7. The van der Waals surface area contributed by atoms with Crippen molar-refractivity contribution in [3.05, 3.63) is 35.4 Å². The fraction of sp³-hybridized carbons (Fsp3) is 0.538. The Labute approximate surface area is 91.9 Å². The summed E-state index contributed by atoms with van der Waals surface area (Å²) in [6.45, 7) is 2.33.